The highest BCUT2D eigenvalue weighted by Gasteiger charge is 2.20. The zero-order chi connectivity index (χ0) is 14.5. The summed E-state index contributed by atoms with van der Waals surface area (Å²) >= 11 is 2.65. The average Bonchev–Trinajstić information content (AvgIpc) is 2.81. The number of nitrogen functional groups attached to an aromatic ring is 1. The van der Waals surface area contributed by atoms with Gasteiger partial charge >= 0.3 is 0 Å². The van der Waals surface area contributed by atoms with Gasteiger partial charge < -0.3 is 11.1 Å². The van der Waals surface area contributed by atoms with Gasteiger partial charge in [-0.3, -0.25) is 4.79 Å². The van der Waals surface area contributed by atoms with Crippen molar-refractivity contribution in [3.05, 3.63) is 23.9 Å². The molecule has 8 heteroatoms. The van der Waals surface area contributed by atoms with Crippen LogP contribution in [-0.2, 0) is 4.79 Å². The number of rotatable bonds is 5. The van der Waals surface area contributed by atoms with Crippen molar-refractivity contribution in [1.29, 1.82) is 0 Å². The van der Waals surface area contributed by atoms with Gasteiger partial charge in [0.2, 0.25) is 11.0 Å². The summed E-state index contributed by atoms with van der Waals surface area (Å²) < 4.78 is 0.696. The maximum Gasteiger partial charge on any atom is 0.239 e. The highest BCUT2D eigenvalue weighted by atomic mass is 32.2. The largest absolute Gasteiger partial charge is 0.374 e. The SMILES string of the molecule is CCC(Sc1nnc(N)s1)C(=O)Nc1cccc(C)n1. The fraction of sp³-hybridized carbons (Fsp3) is 0.333. The maximum absolute atomic E-state index is 12.2. The van der Waals surface area contributed by atoms with Crippen molar-refractivity contribution in [2.24, 2.45) is 0 Å². The molecule has 20 heavy (non-hydrogen) atoms. The van der Waals surface area contributed by atoms with Gasteiger partial charge in [-0.25, -0.2) is 4.98 Å². The van der Waals surface area contributed by atoms with Crippen LogP contribution in [0.2, 0.25) is 0 Å². The Labute approximate surface area is 125 Å². The molecule has 6 nitrogen and oxygen atoms in total. The van der Waals surface area contributed by atoms with Gasteiger partial charge in [-0.2, -0.15) is 0 Å². The Kier molecular flexibility index (Phi) is 4.91. The van der Waals surface area contributed by atoms with E-state index in [0.29, 0.717) is 21.7 Å². The van der Waals surface area contributed by atoms with Crippen LogP contribution in [0.5, 0.6) is 0 Å². The predicted molar refractivity (Wildman–Crippen MR) is 81.9 cm³/mol. The van der Waals surface area contributed by atoms with Gasteiger partial charge in [-0.05, 0) is 25.5 Å². The minimum absolute atomic E-state index is 0.0932. The Balaban J connectivity index is 2.02. The monoisotopic (exact) mass is 309 g/mol. The smallest absolute Gasteiger partial charge is 0.239 e. The molecule has 2 aromatic heterocycles. The molecule has 1 amide bonds. The number of aryl methyl sites for hydroxylation is 1. The summed E-state index contributed by atoms with van der Waals surface area (Å²) in [5.41, 5.74) is 6.39. The fourth-order valence-electron chi connectivity index (χ4n) is 1.53. The number of anilines is 2. The molecule has 0 aliphatic carbocycles. The Bertz CT molecular complexity index is 601. The van der Waals surface area contributed by atoms with E-state index >= 15 is 0 Å². The van der Waals surface area contributed by atoms with E-state index in [0.717, 1.165) is 5.69 Å². The van der Waals surface area contributed by atoms with E-state index in [9.17, 15) is 4.79 Å². The quantitative estimate of drug-likeness (QED) is 0.823. The predicted octanol–water partition coefficient (Wildman–Crippen LogP) is 2.33. The summed E-state index contributed by atoms with van der Waals surface area (Å²) in [6.45, 7) is 3.83. The van der Waals surface area contributed by atoms with Gasteiger partial charge in [-0.15, -0.1) is 10.2 Å². The maximum atomic E-state index is 12.2. The molecule has 0 saturated carbocycles. The van der Waals surface area contributed by atoms with Gasteiger partial charge in [0, 0.05) is 5.69 Å². The van der Waals surface area contributed by atoms with Crippen LogP contribution in [0.3, 0.4) is 0 Å². The molecule has 0 spiro atoms. The number of nitrogens with two attached hydrogens (primary N) is 1. The lowest BCUT2D eigenvalue weighted by Gasteiger charge is -2.12. The van der Waals surface area contributed by atoms with Crippen LogP contribution in [0, 0.1) is 6.92 Å². The summed E-state index contributed by atoms with van der Waals surface area (Å²) in [7, 11) is 0. The molecule has 0 aromatic carbocycles. The van der Waals surface area contributed by atoms with Crippen molar-refractivity contribution >= 4 is 40.0 Å². The van der Waals surface area contributed by atoms with Gasteiger partial charge in [-0.1, -0.05) is 36.1 Å². The van der Waals surface area contributed by atoms with Crippen molar-refractivity contribution in [3.63, 3.8) is 0 Å². The molecular formula is C12H15N5OS2. The second kappa shape index (κ2) is 6.67. The number of nitrogens with zero attached hydrogens (tertiary/aromatic N) is 3. The molecule has 0 radical (unpaired) electrons. The second-order valence-corrected chi connectivity index (χ2v) is 6.53. The number of pyridine rings is 1. The highest BCUT2D eigenvalue weighted by molar-refractivity contribution is 8.02. The fourth-order valence-corrected chi connectivity index (χ4v) is 3.33. The first-order chi connectivity index (χ1) is 9.58. The van der Waals surface area contributed by atoms with Crippen molar-refractivity contribution < 1.29 is 4.79 Å². The van der Waals surface area contributed by atoms with E-state index in [2.05, 4.69) is 20.5 Å². The van der Waals surface area contributed by atoms with E-state index in [1.807, 2.05) is 26.0 Å². The van der Waals surface area contributed by atoms with E-state index in [1.165, 1.54) is 23.1 Å². The average molecular weight is 309 g/mol. The van der Waals surface area contributed by atoms with Crippen LogP contribution in [0.4, 0.5) is 10.9 Å². The lowest BCUT2D eigenvalue weighted by Crippen LogP contribution is -2.25. The first-order valence-corrected chi connectivity index (χ1v) is 7.78. The molecule has 2 rings (SSSR count). The van der Waals surface area contributed by atoms with Crippen LogP contribution >= 0.6 is 23.1 Å². The highest BCUT2D eigenvalue weighted by Crippen LogP contribution is 2.29. The minimum atomic E-state index is -0.246. The van der Waals surface area contributed by atoms with E-state index in [1.54, 1.807) is 6.07 Å². The molecule has 2 aromatic rings. The molecule has 1 unspecified atom stereocenters. The summed E-state index contributed by atoms with van der Waals surface area (Å²) in [6.07, 6.45) is 0.682. The first-order valence-electron chi connectivity index (χ1n) is 6.08. The van der Waals surface area contributed by atoms with Crippen molar-refractivity contribution in [3.8, 4) is 0 Å². The van der Waals surface area contributed by atoms with Crippen molar-refractivity contribution in [2.45, 2.75) is 29.9 Å². The first kappa shape index (κ1) is 14.7. The van der Waals surface area contributed by atoms with Crippen LogP contribution < -0.4 is 11.1 Å². The van der Waals surface area contributed by atoms with Crippen LogP contribution in [-0.4, -0.2) is 26.3 Å². The number of amides is 1. The Morgan fingerprint density at radius 2 is 2.30 bits per heavy atom. The van der Waals surface area contributed by atoms with Gasteiger partial charge in [0.25, 0.3) is 0 Å². The molecule has 0 aliphatic heterocycles. The molecule has 1 atom stereocenters. The molecular weight excluding hydrogens is 294 g/mol. The molecule has 0 aliphatic rings. The third kappa shape index (κ3) is 3.91. The van der Waals surface area contributed by atoms with Gasteiger partial charge in [0.15, 0.2) is 4.34 Å². The van der Waals surface area contributed by atoms with Gasteiger partial charge in [0.05, 0.1) is 5.25 Å². The molecule has 2 heterocycles. The number of hydrogen-bond acceptors (Lipinski definition) is 7. The third-order valence-corrected chi connectivity index (χ3v) is 4.67. The number of carbonyl (C=O) groups excluding carboxylic acids is 1. The van der Waals surface area contributed by atoms with Gasteiger partial charge in [0.1, 0.15) is 5.82 Å². The number of hydrogen-bond donors (Lipinski definition) is 2. The molecule has 0 saturated heterocycles. The van der Waals surface area contributed by atoms with E-state index < -0.39 is 0 Å². The number of aromatic nitrogens is 3. The molecule has 0 bridgehead atoms. The van der Waals surface area contributed by atoms with E-state index in [-0.39, 0.29) is 11.2 Å². The van der Waals surface area contributed by atoms with E-state index in [4.69, 9.17) is 5.73 Å². The molecule has 3 N–H and O–H groups in total. The zero-order valence-electron chi connectivity index (χ0n) is 11.2. The molecule has 106 valence electrons. The Hall–Kier alpha value is -1.67. The normalized spacial score (nSPS) is 12.1. The lowest BCUT2D eigenvalue weighted by atomic mass is 10.3. The summed E-state index contributed by atoms with van der Waals surface area (Å²) in [5.74, 6) is 0.468. The topological polar surface area (TPSA) is 93.8 Å². The van der Waals surface area contributed by atoms with Crippen LogP contribution in [0.25, 0.3) is 0 Å². The number of thioether (sulfide) groups is 1. The summed E-state index contributed by atoms with van der Waals surface area (Å²) in [6, 6.07) is 5.51. The van der Waals surface area contributed by atoms with Crippen molar-refractivity contribution in [1.82, 2.24) is 15.2 Å². The standard InChI is InChI=1S/C12H15N5OS2/c1-3-8(19-12-17-16-11(13)20-12)10(18)15-9-6-4-5-7(2)14-9/h4-6,8H,3H2,1-2H3,(H2,13,16)(H,14,15,18). The number of nitrogens with one attached hydrogen (secondary N) is 1. The Morgan fingerprint density at radius 3 is 2.90 bits per heavy atom. The minimum Gasteiger partial charge on any atom is -0.374 e. The van der Waals surface area contributed by atoms with Crippen molar-refractivity contribution in [2.75, 3.05) is 11.1 Å². The summed E-state index contributed by atoms with van der Waals surface area (Å²) in [5, 5.41) is 10.6. The van der Waals surface area contributed by atoms with Crippen LogP contribution in [0.15, 0.2) is 22.5 Å². The lowest BCUT2D eigenvalue weighted by molar-refractivity contribution is -0.115. The third-order valence-electron chi connectivity index (χ3n) is 2.47. The second-order valence-electron chi connectivity index (χ2n) is 4.07. The van der Waals surface area contributed by atoms with Crippen LogP contribution in [0.1, 0.15) is 19.0 Å². The Morgan fingerprint density at radius 1 is 1.50 bits per heavy atom. The number of carbonyl (C=O) groups is 1. The molecule has 0 fully saturated rings. The summed E-state index contributed by atoms with van der Waals surface area (Å²) in [4.78, 5) is 16.5. The zero-order valence-corrected chi connectivity index (χ0v) is 12.8.